The number of hydrogen-bond acceptors (Lipinski definition) is 3. The van der Waals surface area contributed by atoms with Gasteiger partial charge in [-0.1, -0.05) is 12.8 Å². The summed E-state index contributed by atoms with van der Waals surface area (Å²) in [7, 11) is 0. The van der Waals surface area contributed by atoms with Crippen molar-refractivity contribution >= 4 is 11.7 Å². The van der Waals surface area contributed by atoms with E-state index in [1.807, 2.05) is 0 Å². The van der Waals surface area contributed by atoms with Crippen LogP contribution in [0, 0.1) is 0 Å². The van der Waals surface area contributed by atoms with Crippen molar-refractivity contribution in [3.63, 3.8) is 0 Å². The van der Waals surface area contributed by atoms with Gasteiger partial charge in [0.25, 0.3) is 5.91 Å². The third-order valence-corrected chi connectivity index (χ3v) is 3.93. The zero-order valence-corrected chi connectivity index (χ0v) is 12.7. The summed E-state index contributed by atoms with van der Waals surface area (Å²) < 4.78 is 42.0. The van der Waals surface area contributed by atoms with Gasteiger partial charge in [0.2, 0.25) is 0 Å². The minimum Gasteiger partial charge on any atom is -0.406 e. The lowest BCUT2D eigenvalue weighted by atomic mass is 10.2. The summed E-state index contributed by atoms with van der Waals surface area (Å²) in [5.41, 5.74) is 0.240. The molecule has 0 spiro atoms. The third kappa shape index (κ3) is 3.87. The van der Waals surface area contributed by atoms with Gasteiger partial charge in [0.15, 0.2) is 0 Å². The zero-order valence-electron chi connectivity index (χ0n) is 12.7. The summed E-state index contributed by atoms with van der Waals surface area (Å²) in [5, 5.41) is 7.01. The van der Waals surface area contributed by atoms with Gasteiger partial charge in [0.05, 0.1) is 12.2 Å². The van der Waals surface area contributed by atoms with E-state index in [1.54, 1.807) is 16.9 Å². The van der Waals surface area contributed by atoms with E-state index in [0.717, 1.165) is 37.8 Å². The Kier molecular flexibility index (Phi) is 4.46. The first-order valence-electron chi connectivity index (χ1n) is 7.63. The number of hydrogen-bond donors (Lipinski definition) is 1. The Hall–Kier alpha value is -2.51. The van der Waals surface area contributed by atoms with Crippen molar-refractivity contribution in [3.8, 4) is 5.75 Å². The Bertz CT molecular complexity index is 704. The van der Waals surface area contributed by atoms with Crippen LogP contribution in [-0.2, 0) is 0 Å². The molecular formula is C16H16F3N3O2. The first-order chi connectivity index (χ1) is 11.4. The molecule has 1 aliphatic carbocycles. The Labute approximate surface area is 136 Å². The van der Waals surface area contributed by atoms with Crippen LogP contribution in [0.15, 0.2) is 36.5 Å². The molecule has 0 aliphatic heterocycles. The summed E-state index contributed by atoms with van der Waals surface area (Å²) in [6.45, 7) is 0. The zero-order chi connectivity index (χ0) is 17.2. The summed E-state index contributed by atoms with van der Waals surface area (Å²) in [4.78, 5) is 12.3. The monoisotopic (exact) mass is 339 g/mol. The number of anilines is 1. The van der Waals surface area contributed by atoms with Crippen molar-refractivity contribution in [2.75, 3.05) is 5.32 Å². The van der Waals surface area contributed by atoms with Crippen LogP contribution in [0.1, 0.15) is 42.1 Å². The molecule has 1 saturated carbocycles. The molecule has 1 heterocycles. The lowest BCUT2D eigenvalue weighted by molar-refractivity contribution is -0.274. The maximum absolute atomic E-state index is 12.3. The quantitative estimate of drug-likeness (QED) is 0.910. The van der Waals surface area contributed by atoms with Gasteiger partial charge in [-0.05, 0) is 37.1 Å². The molecule has 1 aliphatic rings. The molecule has 1 aromatic heterocycles. The standard InChI is InChI=1S/C16H16F3N3O2/c17-16(18,19)24-13-7-5-11(6-8-13)15(23)21-14-9-10-20-22(14)12-3-1-2-4-12/h5-10,12H,1-4H2,(H,21,23). The van der Waals surface area contributed by atoms with E-state index in [4.69, 9.17) is 0 Å². The second kappa shape index (κ2) is 6.54. The van der Waals surface area contributed by atoms with Crippen LogP contribution < -0.4 is 10.1 Å². The smallest absolute Gasteiger partial charge is 0.406 e. The highest BCUT2D eigenvalue weighted by Crippen LogP contribution is 2.31. The summed E-state index contributed by atoms with van der Waals surface area (Å²) in [5.74, 6) is -0.189. The van der Waals surface area contributed by atoms with Crippen molar-refractivity contribution < 1.29 is 22.7 Å². The highest BCUT2D eigenvalue weighted by Gasteiger charge is 2.31. The molecule has 0 unspecified atom stereocenters. The van der Waals surface area contributed by atoms with E-state index < -0.39 is 12.3 Å². The number of alkyl halides is 3. The number of nitrogens with one attached hydrogen (secondary N) is 1. The van der Waals surface area contributed by atoms with Crippen LogP contribution in [-0.4, -0.2) is 22.1 Å². The summed E-state index contributed by atoms with van der Waals surface area (Å²) in [6, 6.07) is 6.77. The maximum Gasteiger partial charge on any atom is 0.573 e. The van der Waals surface area contributed by atoms with Crippen molar-refractivity contribution in [2.24, 2.45) is 0 Å². The normalized spacial score (nSPS) is 15.5. The maximum atomic E-state index is 12.3. The van der Waals surface area contributed by atoms with Crippen LogP contribution >= 0.6 is 0 Å². The number of benzene rings is 1. The Morgan fingerprint density at radius 1 is 1.17 bits per heavy atom. The lowest BCUT2D eigenvalue weighted by Crippen LogP contribution is -2.18. The van der Waals surface area contributed by atoms with Crippen LogP contribution in [0.4, 0.5) is 19.0 Å². The Balaban J connectivity index is 1.68. The lowest BCUT2D eigenvalue weighted by Gasteiger charge is -2.14. The van der Waals surface area contributed by atoms with Gasteiger partial charge in [-0.15, -0.1) is 13.2 Å². The number of rotatable bonds is 4. The average molecular weight is 339 g/mol. The summed E-state index contributed by atoms with van der Waals surface area (Å²) in [6.07, 6.45) is 1.19. The van der Waals surface area contributed by atoms with Gasteiger partial charge in [0, 0.05) is 11.6 Å². The second-order valence-corrected chi connectivity index (χ2v) is 5.63. The van der Waals surface area contributed by atoms with Gasteiger partial charge >= 0.3 is 6.36 Å². The molecule has 1 aromatic carbocycles. The molecule has 3 rings (SSSR count). The fourth-order valence-electron chi connectivity index (χ4n) is 2.85. The predicted molar refractivity (Wildman–Crippen MR) is 80.8 cm³/mol. The van der Waals surface area contributed by atoms with Crippen molar-refractivity contribution in [3.05, 3.63) is 42.1 Å². The van der Waals surface area contributed by atoms with Crippen molar-refractivity contribution in [1.82, 2.24) is 9.78 Å². The molecule has 2 aromatic rings. The van der Waals surface area contributed by atoms with Crippen LogP contribution in [0.5, 0.6) is 5.75 Å². The topological polar surface area (TPSA) is 56.2 Å². The van der Waals surface area contributed by atoms with Gasteiger partial charge in [-0.25, -0.2) is 4.68 Å². The first-order valence-corrected chi connectivity index (χ1v) is 7.63. The predicted octanol–water partition coefficient (Wildman–Crippen LogP) is 4.15. The van der Waals surface area contributed by atoms with E-state index in [2.05, 4.69) is 15.2 Å². The van der Waals surface area contributed by atoms with Crippen LogP contribution in [0.3, 0.4) is 0 Å². The van der Waals surface area contributed by atoms with Crippen molar-refractivity contribution in [2.45, 2.75) is 38.1 Å². The van der Waals surface area contributed by atoms with E-state index in [0.29, 0.717) is 5.82 Å². The summed E-state index contributed by atoms with van der Waals surface area (Å²) >= 11 is 0. The van der Waals surface area contributed by atoms with Crippen molar-refractivity contribution in [1.29, 1.82) is 0 Å². The molecule has 5 nitrogen and oxygen atoms in total. The highest BCUT2D eigenvalue weighted by atomic mass is 19.4. The number of amides is 1. The van der Waals surface area contributed by atoms with Crippen LogP contribution in [0.25, 0.3) is 0 Å². The first kappa shape index (κ1) is 16.4. The van der Waals surface area contributed by atoms with E-state index in [9.17, 15) is 18.0 Å². The Morgan fingerprint density at radius 2 is 1.83 bits per heavy atom. The number of carbonyl (C=O) groups is 1. The second-order valence-electron chi connectivity index (χ2n) is 5.63. The molecule has 0 radical (unpaired) electrons. The largest absolute Gasteiger partial charge is 0.573 e. The SMILES string of the molecule is O=C(Nc1ccnn1C1CCCC1)c1ccc(OC(F)(F)F)cc1. The molecule has 1 fully saturated rings. The fourth-order valence-corrected chi connectivity index (χ4v) is 2.85. The molecule has 1 N–H and O–H groups in total. The van der Waals surface area contributed by atoms with E-state index >= 15 is 0 Å². The van der Waals surface area contributed by atoms with E-state index in [-0.39, 0.29) is 17.4 Å². The molecule has 8 heteroatoms. The molecule has 128 valence electrons. The van der Waals surface area contributed by atoms with E-state index in [1.165, 1.54) is 12.1 Å². The number of ether oxygens (including phenoxy) is 1. The number of nitrogens with zero attached hydrogens (tertiary/aromatic N) is 2. The molecule has 0 atom stereocenters. The van der Waals surface area contributed by atoms with Gasteiger partial charge in [-0.2, -0.15) is 5.10 Å². The number of aromatic nitrogens is 2. The molecule has 0 bridgehead atoms. The number of halogens is 3. The molecule has 1 amide bonds. The highest BCUT2D eigenvalue weighted by molar-refractivity contribution is 6.03. The van der Waals surface area contributed by atoms with Gasteiger partial charge in [-0.3, -0.25) is 4.79 Å². The minimum absolute atomic E-state index is 0.240. The van der Waals surface area contributed by atoms with Crippen LogP contribution in [0.2, 0.25) is 0 Å². The minimum atomic E-state index is -4.75. The average Bonchev–Trinajstić information content (AvgIpc) is 3.16. The molecule has 24 heavy (non-hydrogen) atoms. The fraction of sp³-hybridized carbons (Fsp3) is 0.375. The third-order valence-electron chi connectivity index (χ3n) is 3.93. The van der Waals surface area contributed by atoms with Gasteiger partial charge in [0.1, 0.15) is 11.6 Å². The Morgan fingerprint density at radius 3 is 2.46 bits per heavy atom. The van der Waals surface area contributed by atoms with Gasteiger partial charge < -0.3 is 10.1 Å². The molecule has 0 saturated heterocycles. The number of carbonyl (C=O) groups excluding carboxylic acids is 1. The molecular weight excluding hydrogens is 323 g/mol.